The Morgan fingerprint density at radius 3 is 2.16 bits per heavy atom. The third-order valence-corrected chi connectivity index (χ3v) is 5.02. The van der Waals surface area contributed by atoms with Gasteiger partial charge >= 0.3 is 6.18 Å². The van der Waals surface area contributed by atoms with Crippen LogP contribution in [0.4, 0.5) is 13.2 Å². The van der Waals surface area contributed by atoms with Crippen molar-refractivity contribution >= 4 is 10.8 Å². The molecule has 6 heteroatoms. The molecule has 0 fully saturated rings. The molecule has 32 heavy (non-hydrogen) atoms. The van der Waals surface area contributed by atoms with Crippen LogP contribution < -0.4 is 9.47 Å². The molecule has 0 amide bonds. The van der Waals surface area contributed by atoms with Crippen molar-refractivity contribution in [3.05, 3.63) is 96.1 Å². The molecule has 4 rings (SSSR count). The Kier molecular flexibility index (Phi) is 6.32. The Balaban J connectivity index is 1.76. The monoisotopic (exact) mass is 438 g/mol. The molecule has 0 aromatic heterocycles. The van der Waals surface area contributed by atoms with Gasteiger partial charge in [-0.1, -0.05) is 66.7 Å². The molecule has 0 aliphatic rings. The Morgan fingerprint density at radius 2 is 1.47 bits per heavy atom. The zero-order valence-electron chi connectivity index (χ0n) is 17.4. The van der Waals surface area contributed by atoms with Crippen LogP contribution in [0.5, 0.6) is 11.5 Å². The van der Waals surface area contributed by atoms with Crippen LogP contribution in [-0.2, 0) is 17.5 Å². The molecule has 0 saturated heterocycles. The quantitative estimate of drug-likeness (QED) is 0.288. The van der Waals surface area contributed by atoms with E-state index in [1.165, 1.54) is 7.11 Å². The van der Waals surface area contributed by atoms with Crippen LogP contribution >= 0.6 is 0 Å². The molecule has 3 nitrogen and oxygen atoms in total. The zero-order chi connectivity index (χ0) is 22.6. The van der Waals surface area contributed by atoms with Crippen molar-refractivity contribution in [1.29, 1.82) is 0 Å². The first-order chi connectivity index (χ1) is 15.5. The van der Waals surface area contributed by atoms with E-state index in [-0.39, 0.29) is 18.1 Å². The highest BCUT2D eigenvalue weighted by Crippen LogP contribution is 2.46. The molecule has 0 saturated carbocycles. The Morgan fingerprint density at radius 1 is 0.781 bits per heavy atom. The number of benzene rings is 4. The number of halogens is 3. The van der Waals surface area contributed by atoms with Gasteiger partial charge in [-0.2, -0.15) is 13.2 Å². The van der Waals surface area contributed by atoms with Crippen LogP contribution in [0.3, 0.4) is 0 Å². The number of alkyl halides is 3. The molecule has 164 valence electrons. The van der Waals surface area contributed by atoms with Gasteiger partial charge < -0.3 is 14.2 Å². The van der Waals surface area contributed by atoms with Crippen molar-refractivity contribution in [2.75, 3.05) is 13.9 Å². The summed E-state index contributed by atoms with van der Waals surface area (Å²) in [4.78, 5) is 0. The van der Waals surface area contributed by atoms with E-state index >= 15 is 0 Å². The fourth-order valence-corrected chi connectivity index (χ4v) is 3.55. The summed E-state index contributed by atoms with van der Waals surface area (Å²) in [6.07, 6.45) is -4.56. The maximum Gasteiger partial charge on any atom is 0.417 e. The predicted molar refractivity (Wildman–Crippen MR) is 118 cm³/mol. The number of hydrogen-bond acceptors (Lipinski definition) is 3. The first kappa shape index (κ1) is 21.7. The fourth-order valence-electron chi connectivity index (χ4n) is 3.55. The van der Waals surface area contributed by atoms with Crippen LogP contribution in [0.1, 0.15) is 11.1 Å². The van der Waals surface area contributed by atoms with Gasteiger partial charge in [-0.15, -0.1) is 0 Å². The molecule has 0 spiro atoms. The second kappa shape index (κ2) is 9.32. The van der Waals surface area contributed by atoms with E-state index in [4.69, 9.17) is 14.2 Å². The lowest BCUT2D eigenvalue weighted by Crippen LogP contribution is -2.10. The maximum absolute atomic E-state index is 14.0. The number of fused-ring (bicyclic) bond motifs is 1. The molecule has 0 atom stereocenters. The number of methoxy groups -OCH3 is 1. The van der Waals surface area contributed by atoms with Gasteiger partial charge in [0.15, 0.2) is 6.79 Å². The molecule has 4 aromatic carbocycles. The van der Waals surface area contributed by atoms with Crippen LogP contribution in [0.25, 0.3) is 21.9 Å². The van der Waals surface area contributed by atoms with E-state index in [2.05, 4.69) is 0 Å². The molecular formula is C26H21F3O3. The molecule has 0 N–H and O–H groups in total. The summed E-state index contributed by atoms with van der Waals surface area (Å²) in [6.45, 7) is 0.197. The highest BCUT2D eigenvalue weighted by Gasteiger charge is 2.36. The van der Waals surface area contributed by atoms with E-state index in [0.29, 0.717) is 28.7 Å². The van der Waals surface area contributed by atoms with Crippen molar-refractivity contribution in [2.45, 2.75) is 12.8 Å². The molecule has 0 radical (unpaired) electrons. The number of ether oxygens (including phenoxy) is 3. The first-order valence-electron chi connectivity index (χ1n) is 9.99. The average Bonchev–Trinajstić information content (AvgIpc) is 2.81. The lowest BCUT2D eigenvalue weighted by Gasteiger charge is -2.20. The minimum atomic E-state index is -4.56. The van der Waals surface area contributed by atoms with Gasteiger partial charge in [0.1, 0.15) is 18.1 Å². The molecule has 0 aliphatic heterocycles. The van der Waals surface area contributed by atoms with Gasteiger partial charge in [-0.25, -0.2) is 0 Å². The molecule has 0 unspecified atom stereocenters. The summed E-state index contributed by atoms with van der Waals surface area (Å²) in [6, 6.07) is 24.2. The van der Waals surface area contributed by atoms with Crippen LogP contribution in [-0.4, -0.2) is 13.9 Å². The topological polar surface area (TPSA) is 27.7 Å². The molecule has 4 aromatic rings. The maximum atomic E-state index is 14.0. The van der Waals surface area contributed by atoms with E-state index in [9.17, 15) is 13.2 Å². The first-order valence-corrected chi connectivity index (χ1v) is 9.99. The molecular weight excluding hydrogens is 417 g/mol. The van der Waals surface area contributed by atoms with Gasteiger partial charge in [-0.3, -0.25) is 0 Å². The van der Waals surface area contributed by atoms with Crippen molar-refractivity contribution in [3.63, 3.8) is 0 Å². The standard InChI is InChI=1S/C26H21F3O3/c1-30-17-32-25-22-10-6-5-9-20(22)15-23(26(27,28)29)24(25)19-11-13-21(14-12-19)31-16-18-7-3-2-4-8-18/h2-15H,16-17H2,1H3. The summed E-state index contributed by atoms with van der Waals surface area (Å²) in [5, 5.41) is 1.02. The minimum Gasteiger partial charge on any atom is -0.489 e. The highest BCUT2D eigenvalue weighted by molar-refractivity contribution is 5.97. The van der Waals surface area contributed by atoms with Crippen molar-refractivity contribution in [2.24, 2.45) is 0 Å². The van der Waals surface area contributed by atoms with Crippen molar-refractivity contribution in [3.8, 4) is 22.6 Å². The average molecular weight is 438 g/mol. The highest BCUT2D eigenvalue weighted by atomic mass is 19.4. The second-order valence-electron chi connectivity index (χ2n) is 7.20. The lowest BCUT2D eigenvalue weighted by molar-refractivity contribution is -0.137. The van der Waals surface area contributed by atoms with E-state index < -0.39 is 11.7 Å². The molecule has 0 bridgehead atoms. The van der Waals surface area contributed by atoms with Gasteiger partial charge in [0.2, 0.25) is 0 Å². The zero-order valence-corrected chi connectivity index (χ0v) is 17.4. The number of hydrogen-bond donors (Lipinski definition) is 0. The van der Waals surface area contributed by atoms with E-state index in [0.717, 1.165) is 11.6 Å². The van der Waals surface area contributed by atoms with Crippen LogP contribution in [0, 0.1) is 0 Å². The molecule has 0 heterocycles. The summed E-state index contributed by atoms with van der Waals surface area (Å²) in [5.74, 6) is 0.696. The Bertz CT molecular complexity index is 1190. The van der Waals surface area contributed by atoms with Gasteiger partial charge in [0.05, 0.1) is 5.56 Å². The predicted octanol–water partition coefficient (Wildman–Crippen LogP) is 7.09. The van der Waals surface area contributed by atoms with E-state index in [1.807, 2.05) is 30.3 Å². The third-order valence-electron chi connectivity index (χ3n) is 5.02. The summed E-state index contributed by atoms with van der Waals surface area (Å²) >= 11 is 0. The smallest absolute Gasteiger partial charge is 0.417 e. The summed E-state index contributed by atoms with van der Waals surface area (Å²) in [5.41, 5.74) is 0.588. The fraction of sp³-hybridized carbons (Fsp3) is 0.154. The van der Waals surface area contributed by atoms with Gasteiger partial charge in [0.25, 0.3) is 0 Å². The number of rotatable bonds is 7. The van der Waals surface area contributed by atoms with Crippen LogP contribution in [0.2, 0.25) is 0 Å². The van der Waals surface area contributed by atoms with E-state index in [1.54, 1.807) is 48.5 Å². The Hall–Kier alpha value is -3.51. The third kappa shape index (κ3) is 4.70. The van der Waals surface area contributed by atoms with Crippen molar-refractivity contribution < 1.29 is 27.4 Å². The Labute approximate surface area is 184 Å². The molecule has 0 aliphatic carbocycles. The second-order valence-corrected chi connectivity index (χ2v) is 7.20. The lowest BCUT2D eigenvalue weighted by atomic mass is 9.93. The summed E-state index contributed by atoms with van der Waals surface area (Å²) in [7, 11) is 1.42. The minimum absolute atomic E-state index is 0.0251. The van der Waals surface area contributed by atoms with Gasteiger partial charge in [0, 0.05) is 18.1 Å². The SMILES string of the molecule is COCOc1c(-c2ccc(OCc3ccccc3)cc2)c(C(F)(F)F)cc2ccccc12. The van der Waals surface area contributed by atoms with Gasteiger partial charge in [-0.05, 0) is 34.7 Å². The van der Waals surface area contributed by atoms with Crippen LogP contribution in [0.15, 0.2) is 84.9 Å². The summed E-state index contributed by atoms with van der Waals surface area (Å²) < 4.78 is 58.5. The largest absolute Gasteiger partial charge is 0.489 e. The normalized spacial score (nSPS) is 11.5. The van der Waals surface area contributed by atoms with Crippen molar-refractivity contribution in [1.82, 2.24) is 0 Å².